The molecular weight excluding hydrogens is 142 g/mol. The van der Waals surface area contributed by atoms with Crippen LogP contribution >= 0.6 is 11.6 Å². The van der Waals surface area contributed by atoms with Gasteiger partial charge in [0.05, 0.1) is 0 Å². The average Bonchev–Trinajstić information content (AvgIpc) is 1.63. The van der Waals surface area contributed by atoms with Gasteiger partial charge in [-0.15, -0.1) is 0 Å². The molecule has 0 rings (SSSR count). The summed E-state index contributed by atoms with van der Waals surface area (Å²) in [6.45, 7) is 1.38. The van der Waals surface area contributed by atoms with E-state index in [1.165, 1.54) is 6.92 Å². The van der Waals surface area contributed by atoms with Gasteiger partial charge >= 0.3 is 0 Å². The minimum atomic E-state index is -0.438. The van der Waals surface area contributed by atoms with Gasteiger partial charge in [-0.25, -0.2) is 0 Å². The zero-order valence-electron chi connectivity index (χ0n) is 5.22. The quantitative estimate of drug-likeness (QED) is 0.443. The van der Waals surface area contributed by atoms with Crippen molar-refractivity contribution in [2.75, 3.05) is 6.61 Å². The van der Waals surface area contributed by atoms with Crippen molar-refractivity contribution in [3.8, 4) is 0 Å². The summed E-state index contributed by atoms with van der Waals surface area (Å²) in [6, 6.07) is 0. The van der Waals surface area contributed by atoms with Crippen LogP contribution in [0.2, 0.25) is 0 Å². The van der Waals surface area contributed by atoms with Gasteiger partial charge < -0.3 is 10.4 Å². The predicted octanol–water partition coefficient (Wildman–Crippen LogP) is 0.0698. The van der Waals surface area contributed by atoms with Gasteiger partial charge in [0.25, 0.3) is 0 Å². The van der Waals surface area contributed by atoms with E-state index in [-0.39, 0.29) is 12.5 Å². The van der Waals surface area contributed by atoms with E-state index in [0.717, 1.165) is 0 Å². The molecule has 3 nitrogen and oxygen atoms in total. The Bertz CT molecular complexity index is 97.0. The van der Waals surface area contributed by atoms with Gasteiger partial charge in [-0.3, -0.25) is 4.79 Å². The van der Waals surface area contributed by atoms with Crippen LogP contribution in [0.25, 0.3) is 0 Å². The van der Waals surface area contributed by atoms with E-state index >= 15 is 0 Å². The van der Waals surface area contributed by atoms with Gasteiger partial charge in [-0.2, -0.15) is 0 Å². The highest BCUT2D eigenvalue weighted by Gasteiger charge is 2.02. The highest BCUT2D eigenvalue weighted by atomic mass is 35.5. The molecule has 0 heterocycles. The number of carbonyl (C=O) groups is 1. The maximum Gasteiger partial charge on any atom is 0.218 e. The molecule has 2 N–H and O–H groups in total. The van der Waals surface area contributed by atoms with Crippen molar-refractivity contribution in [1.29, 1.82) is 0 Å². The lowest BCUT2D eigenvalue weighted by Crippen LogP contribution is -2.28. The number of hydrogen-bond acceptors (Lipinski definition) is 2. The van der Waals surface area contributed by atoms with Crippen LogP contribution in [-0.4, -0.2) is 23.1 Å². The molecular formula is C5H10ClNO2. The van der Waals surface area contributed by atoms with E-state index in [9.17, 15) is 4.79 Å². The van der Waals surface area contributed by atoms with Crippen LogP contribution in [0.1, 0.15) is 13.3 Å². The Kier molecular flexibility index (Phi) is 4.44. The minimum Gasteiger partial charge on any atom is -0.396 e. The average molecular weight is 152 g/mol. The highest BCUT2D eigenvalue weighted by Crippen LogP contribution is 1.94. The van der Waals surface area contributed by atoms with Crippen LogP contribution in [0.3, 0.4) is 0 Å². The molecule has 0 spiro atoms. The Balaban J connectivity index is 3.26. The van der Waals surface area contributed by atoms with Gasteiger partial charge in [0.15, 0.2) is 0 Å². The molecule has 1 unspecified atom stereocenters. The van der Waals surface area contributed by atoms with E-state index in [2.05, 4.69) is 5.32 Å². The Hall–Kier alpha value is -0.280. The number of nitrogens with one attached hydrogen (secondary N) is 1. The molecule has 1 atom stereocenters. The molecule has 0 saturated heterocycles. The van der Waals surface area contributed by atoms with Gasteiger partial charge in [0.2, 0.25) is 5.91 Å². The molecule has 0 saturated carbocycles. The van der Waals surface area contributed by atoms with Crippen molar-refractivity contribution in [1.82, 2.24) is 5.32 Å². The SMILES string of the molecule is CC(=O)NC(Cl)CCO. The largest absolute Gasteiger partial charge is 0.396 e. The number of aliphatic hydroxyl groups excluding tert-OH is 1. The third kappa shape index (κ3) is 5.59. The van der Waals surface area contributed by atoms with E-state index in [1.807, 2.05) is 0 Å². The summed E-state index contributed by atoms with van der Waals surface area (Å²) < 4.78 is 0. The van der Waals surface area contributed by atoms with E-state index < -0.39 is 5.50 Å². The van der Waals surface area contributed by atoms with E-state index in [4.69, 9.17) is 16.7 Å². The lowest BCUT2D eigenvalue weighted by Gasteiger charge is -2.06. The van der Waals surface area contributed by atoms with Crippen LogP contribution < -0.4 is 5.32 Å². The van der Waals surface area contributed by atoms with Crippen molar-refractivity contribution in [3.05, 3.63) is 0 Å². The molecule has 54 valence electrons. The van der Waals surface area contributed by atoms with Crippen LogP contribution in [0, 0.1) is 0 Å². The normalized spacial score (nSPS) is 12.8. The standard InChI is InChI=1S/C5H10ClNO2/c1-4(9)7-5(6)2-3-8/h5,8H,2-3H2,1H3,(H,7,9). The number of halogens is 1. The van der Waals surface area contributed by atoms with Crippen molar-refractivity contribution < 1.29 is 9.90 Å². The zero-order valence-corrected chi connectivity index (χ0v) is 5.98. The summed E-state index contributed by atoms with van der Waals surface area (Å²) in [4.78, 5) is 10.3. The first kappa shape index (κ1) is 8.72. The molecule has 0 radical (unpaired) electrons. The van der Waals surface area contributed by atoms with Crippen molar-refractivity contribution in [2.45, 2.75) is 18.8 Å². The number of rotatable bonds is 3. The summed E-state index contributed by atoms with van der Waals surface area (Å²) in [5.74, 6) is -0.177. The number of aliphatic hydroxyl groups is 1. The van der Waals surface area contributed by atoms with Gasteiger partial charge in [0, 0.05) is 20.0 Å². The predicted molar refractivity (Wildman–Crippen MR) is 35.2 cm³/mol. The molecule has 9 heavy (non-hydrogen) atoms. The summed E-state index contributed by atoms with van der Waals surface area (Å²) in [6.07, 6.45) is 0.390. The Labute approximate surface area is 59.0 Å². The number of hydrogen-bond donors (Lipinski definition) is 2. The molecule has 0 aliphatic heterocycles. The molecule has 0 aromatic carbocycles. The van der Waals surface area contributed by atoms with Crippen molar-refractivity contribution in [3.63, 3.8) is 0 Å². The maximum atomic E-state index is 10.3. The first-order valence-corrected chi connectivity index (χ1v) is 3.12. The molecule has 0 aromatic heterocycles. The molecule has 0 bridgehead atoms. The lowest BCUT2D eigenvalue weighted by atomic mass is 10.4. The Morgan fingerprint density at radius 1 is 1.89 bits per heavy atom. The molecule has 0 aromatic rings. The van der Waals surface area contributed by atoms with Gasteiger partial charge in [-0.1, -0.05) is 11.6 Å². The fourth-order valence-corrected chi connectivity index (χ4v) is 0.657. The smallest absolute Gasteiger partial charge is 0.218 e. The second kappa shape index (κ2) is 4.58. The first-order chi connectivity index (χ1) is 4.16. The Morgan fingerprint density at radius 3 is 2.78 bits per heavy atom. The first-order valence-electron chi connectivity index (χ1n) is 2.69. The molecule has 0 aliphatic rings. The fourth-order valence-electron chi connectivity index (χ4n) is 0.406. The van der Waals surface area contributed by atoms with E-state index in [0.29, 0.717) is 6.42 Å². The highest BCUT2D eigenvalue weighted by molar-refractivity contribution is 6.21. The maximum absolute atomic E-state index is 10.3. The second-order valence-electron chi connectivity index (χ2n) is 1.68. The fraction of sp³-hybridized carbons (Fsp3) is 0.800. The third-order valence-electron chi connectivity index (χ3n) is 0.742. The molecule has 0 aliphatic carbocycles. The summed E-state index contributed by atoms with van der Waals surface area (Å²) in [7, 11) is 0. The summed E-state index contributed by atoms with van der Waals surface area (Å²) >= 11 is 5.48. The topological polar surface area (TPSA) is 49.3 Å². The molecule has 4 heteroatoms. The number of amides is 1. The van der Waals surface area contributed by atoms with Gasteiger partial charge in [0.1, 0.15) is 5.50 Å². The third-order valence-corrected chi connectivity index (χ3v) is 1.07. The number of carbonyl (C=O) groups excluding carboxylic acids is 1. The second-order valence-corrected chi connectivity index (χ2v) is 2.21. The van der Waals surface area contributed by atoms with Gasteiger partial charge in [-0.05, 0) is 0 Å². The van der Waals surface area contributed by atoms with Crippen molar-refractivity contribution >= 4 is 17.5 Å². The number of alkyl halides is 1. The van der Waals surface area contributed by atoms with Crippen LogP contribution in [0.15, 0.2) is 0 Å². The minimum absolute atomic E-state index is 0.00551. The Morgan fingerprint density at radius 2 is 2.44 bits per heavy atom. The van der Waals surface area contributed by atoms with Crippen LogP contribution in [0.5, 0.6) is 0 Å². The molecule has 1 amide bonds. The van der Waals surface area contributed by atoms with Crippen LogP contribution in [-0.2, 0) is 4.79 Å². The monoisotopic (exact) mass is 151 g/mol. The zero-order chi connectivity index (χ0) is 7.28. The van der Waals surface area contributed by atoms with Crippen molar-refractivity contribution in [2.24, 2.45) is 0 Å². The van der Waals surface area contributed by atoms with E-state index in [1.54, 1.807) is 0 Å². The lowest BCUT2D eigenvalue weighted by molar-refractivity contribution is -0.119. The summed E-state index contributed by atoms with van der Waals surface area (Å²) in [5, 5.41) is 10.7. The molecule has 0 fully saturated rings. The van der Waals surface area contributed by atoms with Crippen LogP contribution in [0.4, 0.5) is 0 Å². The summed E-state index contributed by atoms with van der Waals surface area (Å²) in [5.41, 5.74) is -0.438.